The van der Waals surface area contributed by atoms with Gasteiger partial charge in [-0.1, -0.05) is 30.4 Å². The molecule has 4 N–H and O–H groups in total. The molecule has 1 aromatic rings. The second-order valence-electron chi connectivity index (χ2n) is 6.63. The van der Waals surface area contributed by atoms with Crippen molar-refractivity contribution in [3.05, 3.63) is 53.6 Å². The van der Waals surface area contributed by atoms with Crippen LogP contribution in [-0.2, 0) is 11.2 Å². The van der Waals surface area contributed by atoms with Crippen LogP contribution in [0, 0.1) is 0 Å². The summed E-state index contributed by atoms with van der Waals surface area (Å²) in [6, 6.07) is 7.85. The monoisotopic (exact) mass is 412 g/mol. The van der Waals surface area contributed by atoms with E-state index in [1.807, 2.05) is 37.3 Å². The Morgan fingerprint density at radius 1 is 1.14 bits per heavy atom. The average Bonchev–Trinajstić information content (AvgIpc) is 2.71. The molecule has 1 fully saturated rings. The SMILES string of the molecule is CCOc1ccc(CC/C=C(\C=C/CCl)[C@@H]2O[C@H](CO)[C@@H](O)[C@H](O)[C@H]2O)cc1. The van der Waals surface area contributed by atoms with E-state index >= 15 is 0 Å². The highest BCUT2D eigenvalue weighted by atomic mass is 35.5. The van der Waals surface area contributed by atoms with Gasteiger partial charge in [0.05, 0.1) is 13.2 Å². The first kappa shape index (κ1) is 22.9. The predicted molar refractivity (Wildman–Crippen MR) is 108 cm³/mol. The maximum Gasteiger partial charge on any atom is 0.119 e. The van der Waals surface area contributed by atoms with Crippen molar-refractivity contribution >= 4 is 11.6 Å². The zero-order valence-corrected chi connectivity index (χ0v) is 16.7. The van der Waals surface area contributed by atoms with Gasteiger partial charge in [0.2, 0.25) is 0 Å². The molecule has 0 saturated carbocycles. The van der Waals surface area contributed by atoms with E-state index in [4.69, 9.17) is 21.1 Å². The number of rotatable bonds is 9. The van der Waals surface area contributed by atoms with E-state index in [-0.39, 0.29) is 5.88 Å². The Kier molecular flexibility index (Phi) is 9.44. The van der Waals surface area contributed by atoms with Gasteiger partial charge in [-0.05, 0) is 43.0 Å². The lowest BCUT2D eigenvalue weighted by atomic mass is 9.90. The quantitative estimate of drug-likeness (QED) is 0.363. The van der Waals surface area contributed by atoms with Crippen molar-refractivity contribution in [2.24, 2.45) is 0 Å². The summed E-state index contributed by atoms with van der Waals surface area (Å²) >= 11 is 5.74. The zero-order chi connectivity index (χ0) is 20.5. The maximum atomic E-state index is 10.4. The third kappa shape index (κ3) is 6.04. The van der Waals surface area contributed by atoms with Crippen LogP contribution in [0.1, 0.15) is 18.9 Å². The first-order chi connectivity index (χ1) is 13.5. The normalized spacial score (nSPS) is 28.6. The molecule has 6 nitrogen and oxygen atoms in total. The molecule has 2 rings (SSSR count). The highest BCUT2D eigenvalue weighted by Crippen LogP contribution is 2.27. The molecule has 0 amide bonds. The lowest BCUT2D eigenvalue weighted by molar-refractivity contribution is -0.218. The van der Waals surface area contributed by atoms with Crippen molar-refractivity contribution < 1.29 is 29.9 Å². The highest BCUT2D eigenvalue weighted by Gasteiger charge is 2.44. The molecule has 0 spiro atoms. The molecule has 1 aromatic carbocycles. The lowest BCUT2D eigenvalue weighted by Crippen LogP contribution is -2.58. The number of ether oxygens (including phenoxy) is 2. The summed E-state index contributed by atoms with van der Waals surface area (Å²) in [5.41, 5.74) is 1.78. The summed E-state index contributed by atoms with van der Waals surface area (Å²) in [6.45, 7) is 2.10. The van der Waals surface area contributed by atoms with E-state index in [9.17, 15) is 20.4 Å². The number of aryl methyl sites for hydroxylation is 1. The largest absolute Gasteiger partial charge is 0.494 e. The third-order valence-electron chi connectivity index (χ3n) is 4.67. The standard InChI is InChI=1S/C21H29ClO6/c1-2-27-16-10-8-14(9-11-16)5-3-6-15(7-4-12-22)21-20(26)19(25)18(24)17(13-23)28-21/h4,6-11,17-21,23-26H,2-3,5,12-13H2,1H3/b7-4-,15-6+/t17-,18-,19+,20-,21+/m1/s1. The topological polar surface area (TPSA) is 99.4 Å². The minimum atomic E-state index is -1.41. The van der Waals surface area contributed by atoms with E-state index < -0.39 is 37.1 Å². The van der Waals surface area contributed by atoms with Crippen LogP contribution in [0.5, 0.6) is 5.75 Å². The summed E-state index contributed by atoms with van der Waals surface area (Å²) < 4.78 is 11.1. The predicted octanol–water partition coefficient (Wildman–Crippen LogP) is 1.58. The van der Waals surface area contributed by atoms with Gasteiger partial charge in [-0.3, -0.25) is 0 Å². The third-order valence-corrected chi connectivity index (χ3v) is 4.85. The van der Waals surface area contributed by atoms with Crippen molar-refractivity contribution in [2.45, 2.75) is 50.3 Å². The number of halogens is 1. The van der Waals surface area contributed by atoms with E-state index in [0.717, 1.165) is 17.7 Å². The van der Waals surface area contributed by atoms with E-state index in [2.05, 4.69) is 0 Å². The lowest BCUT2D eigenvalue weighted by Gasteiger charge is -2.40. The fraction of sp³-hybridized carbons (Fsp3) is 0.524. The second kappa shape index (κ2) is 11.6. The summed E-state index contributed by atoms with van der Waals surface area (Å²) in [4.78, 5) is 0. The highest BCUT2D eigenvalue weighted by molar-refractivity contribution is 6.18. The van der Waals surface area contributed by atoms with Crippen molar-refractivity contribution in [3.63, 3.8) is 0 Å². The molecule has 1 heterocycles. The molecule has 0 aromatic heterocycles. The maximum absolute atomic E-state index is 10.4. The van der Waals surface area contributed by atoms with E-state index in [1.165, 1.54) is 0 Å². The molecule has 1 aliphatic rings. The summed E-state index contributed by atoms with van der Waals surface area (Å²) in [7, 11) is 0. The number of aliphatic hydroxyl groups is 4. The van der Waals surface area contributed by atoms with Crippen LogP contribution in [0.15, 0.2) is 48.1 Å². The van der Waals surface area contributed by atoms with Gasteiger partial charge in [0.1, 0.15) is 36.3 Å². The second-order valence-corrected chi connectivity index (χ2v) is 6.93. The van der Waals surface area contributed by atoms with Gasteiger partial charge < -0.3 is 29.9 Å². The number of hydrogen-bond acceptors (Lipinski definition) is 6. The number of allylic oxidation sites excluding steroid dienone is 2. The number of aliphatic hydroxyl groups excluding tert-OH is 4. The Morgan fingerprint density at radius 2 is 1.86 bits per heavy atom. The van der Waals surface area contributed by atoms with E-state index in [1.54, 1.807) is 12.2 Å². The van der Waals surface area contributed by atoms with Gasteiger partial charge in [-0.25, -0.2) is 0 Å². The Labute approximate surface area is 170 Å². The Hall–Kier alpha value is -1.41. The van der Waals surface area contributed by atoms with Crippen LogP contribution >= 0.6 is 11.6 Å². The molecule has 1 saturated heterocycles. The molecule has 0 unspecified atom stereocenters. The minimum Gasteiger partial charge on any atom is -0.494 e. The molecule has 156 valence electrons. The van der Waals surface area contributed by atoms with Crippen LogP contribution in [0.2, 0.25) is 0 Å². The number of benzene rings is 1. The van der Waals surface area contributed by atoms with Crippen molar-refractivity contribution in [1.29, 1.82) is 0 Å². The molecular formula is C21H29ClO6. The first-order valence-electron chi connectivity index (χ1n) is 9.46. The van der Waals surface area contributed by atoms with Crippen molar-refractivity contribution in [2.75, 3.05) is 19.1 Å². The summed E-state index contributed by atoms with van der Waals surface area (Å²) in [5.74, 6) is 1.11. The first-order valence-corrected chi connectivity index (χ1v) is 10.00. The van der Waals surface area contributed by atoms with Crippen molar-refractivity contribution in [1.82, 2.24) is 0 Å². The van der Waals surface area contributed by atoms with E-state index in [0.29, 0.717) is 18.6 Å². The molecule has 1 aliphatic heterocycles. The van der Waals surface area contributed by atoms with Crippen LogP contribution < -0.4 is 4.74 Å². The average molecular weight is 413 g/mol. The summed E-state index contributed by atoms with van der Waals surface area (Å²) in [6.07, 6.45) is 0.892. The smallest absolute Gasteiger partial charge is 0.119 e. The molecular weight excluding hydrogens is 384 g/mol. The van der Waals surface area contributed by atoms with Gasteiger partial charge in [-0.2, -0.15) is 0 Å². The Balaban J connectivity index is 2.10. The fourth-order valence-electron chi connectivity index (χ4n) is 3.16. The molecule has 7 heteroatoms. The Morgan fingerprint density at radius 3 is 2.46 bits per heavy atom. The molecule has 0 bridgehead atoms. The van der Waals surface area contributed by atoms with Gasteiger partial charge >= 0.3 is 0 Å². The van der Waals surface area contributed by atoms with Crippen molar-refractivity contribution in [3.8, 4) is 5.75 Å². The number of alkyl halides is 1. The molecule has 5 atom stereocenters. The molecule has 0 aliphatic carbocycles. The van der Waals surface area contributed by atoms with Crippen LogP contribution in [-0.4, -0.2) is 70.0 Å². The Bertz CT molecular complexity index is 643. The fourth-order valence-corrected chi connectivity index (χ4v) is 3.25. The molecule has 0 radical (unpaired) electrons. The van der Waals surface area contributed by atoms with Crippen LogP contribution in [0.25, 0.3) is 0 Å². The zero-order valence-electron chi connectivity index (χ0n) is 15.9. The molecule has 28 heavy (non-hydrogen) atoms. The van der Waals surface area contributed by atoms with Gasteiger partial charge in [0.25, 0.3) is 0 Å². The van der Waals surface area contributed by atoms with Gasteiger partial charge in [0.15, 0.2) is 0 Å². The minimum absolute atomic E-state index is 0.285. The summed E-state index contributed by atoms with van der Waals surface area (Å²) in [5, 5.41) is 39.7. The van der Waals surface area contributed by atoms with Crippen LogP contribution in [0.4, 0.5) is 0 Å². The number of hydrogen-bond donors (Lipinski definition) is 4. The van der Waals surface area contributed by atoms with Gasteiger partial charge in [-0.15, -0.1) is 11.6 Å². The van der Waals surface area contributed by atoms with Crippen LogP contribution in [0.3, 0.4) is 0 Å². The van der Waals surface area contributed by atoms with Gasteiger partial charge in [0, 0.05) is 5.88 Å².